The molecule has 19 heavy (non-hydrogen) atoms. The molecule has 0 bridgehead atoms. The highest BCUT2D eigenvalue weighted by atomic mass is 16.3. The summed E-state index contributed by atoms with van der Waals surface area (Å²) in [5, 5.41) is 13.0. The molecule has 0 aliphatic heterocycles. The Hall–Kier alpha value is -0.860. The zero-order chi connectivity index (χ0) is 14.4. The Balaban J connectivity index is 2.93. The largest absolute Gasteiger partial charge is 0.396 e. The summed E-state index contributed by atoms with van der Waals surface area (Å²) in [5.41, 5.74) is 2.66. The standard InChI is InChI=1S/C17H29NO/c1-6-13(4)14-7-9-15(10-8-14)17(18-5)16(11-19)12(2)3/h7-10,12-13,16-19H,6,11H2,1-5H3. The van der Waals surface area contributed by atoms with Crippen molar-refractivity contribution in [3.05, 3.63) is 35.4 Å². The van der Waals surface area contributed by atoms with E-state index < -0.39 is 0 Å². The van der Waals surface area contributed by atoms with Gasteiger partial charge < -0.3 is 10.4 Å². The molecule has 1 aromatic rings. The van der Waals surface area contributed by atoms with Crippen LogP contribution in [0.15, 0.2) is 24.3 Å². The smallest absolute Gasteiger partial charge is 0.0479 e. The first-order valence-corrected chi connectivity index (χ1v) is 7.43. The molecule has 1 rings (SSSR count). The van der Waals surface area contributed by atoms with Crippen molar-refractivity contribution < 1.29 is 5.11 Å². The number of aliphatic hydroxyl groups is 1. The predicted molar refractivity (Wildman–Crippen MR) is 82.4 cm³/mol. The molecule has 0 aromatic heterocycles. The van der Waals surface area contributed by atoms with Gasteiger partial charge in [0.15, 0.2) is 0 Å². The summed E-state index contributed by atoms with van der Waals surface area (Å²) in [5.74, 6) is 1.32. The fraction of sp³-hybridized carbons (Fsp3) is 0.647. The van der Waals surface area contributed by atoms with E-state index in [2.05, 4.69) is 57.3 Å². The van der Waals surface area contributed by atoms with Gasteiger partial charge in [0.2, 0.25) is 0 Å². The maximum absolute atomic E-state index is 9.60. The van der Waals surface area contributed by atoms with E-state index in [0.29, 0.717) is 11.8 Å². The first kappa shape index (κ1) is 16.2. The highest BCUT2D eigenvalue weighted by molar-refractivity contribution is 5.27. The monoisotopic (exact) mass is 263 g/mol. The van der Waals surface area contributed by atoms with Gasteiger partial charge in [0.05, 0.1) is 0 Å². The fourth-order valence-corrected chi connectivity index (χ4v) is 2.60. The van der Waals surface area contributed by atoms with Crippen molar-refractivity contribution in [1.29, 1.82) is 0 Å². The fourth-order valence-electron chi connectivity index (χ4n) is 2.60. The van der Waals surface area contributed by atoms with Crippen LogP contribution in [0.3, 0.4) is 0 Å². The van der Waals surface area contributed by atoms with E-state index in [0.717, 1.165) is 0 Å². The van der Waals surface area contributed by atoms with Gasteiger partial charge >= 0.3 is 0 Å². The third-order valence-electron chi connectivity index (χ3n) is 4.28. The number of rotatable bonds is 7. The number of hydrogen-bond donors (Lipinski definition) is 2. The molecule has 3 unspecified atom stereocenters. The minimum Gasteiger partial charge on any atom is -0.396 e. The summed E-state index contributed by atoms with van der Waals surface area (Å²) in [4.78, 5) is 0. The number of nitrogens with one attached hydrogen (secondary N) is 1. The van der Waals surface area contributed by atoms with Crippen LogP contribution in [0.25, 0.3) is 0 Å². The van der Waals surface area contributed by atoms with Crippen LogP contribution in [-0.2, 0) is 0 Å². The molecule has 108 valence electrons. The highest BCUT2D eigenvalue weighted by Crippen LogP contribution is 2.29. The van der Waals surface area contributed by atoms with Crippen molar-refractivity contribution in [2.45, 2.75) is 46.1 Å². The summed E-state index contributed by atoms with van der Waals surface area (Å²) < 4.78 is 0. The van der Waals surface area contributed by atoms with Gasteiger partial charge in [-0.1, -0.05) is 52.0 Å². The van der Waals surface area contributed by atoms with E-state index in [1.807, 2.05) is 7.05 Å². The lowest BCUT2D eigenvalue weighted by Gasteiger charge is -2.29. The van der Waals surface area contributed by atoms with Gasteiger partial charge in [0.1, 0.15) is 0 Å². The van der Waals surface area contributed by atoms with Crippen LogP contribution in [0.4, 0.5) is 0 Å². The van der Waals surface area contributed by atoms with Crippen molar-refractivity contribution in [3.63, 3.8) is 0 Å². The van der Waals surface area contributed by atoms with E-state index in [4.69, 9.17) is 0 Å². The van der Waals surface area contributed by atoms with Crippen LogP contribution in [-0.4, -0.2) is 18.8 Å². The van der Waals surface area contributed by atoms with Gasteiger partial charge in [-0.2, -0.15) is 0 Å². The van der Waals surface area contributed by atoms with Crippen LogP contribution in [0.5, 0.6) is 0 Å². The Morgan fingerprint density at radius 3 is 1.95 bits per heavy atom. The Morgan fingerprint density at radius 2 is 1.58 bits per heavy atom. The molecule has 2 heteroatoms. The SMILES string of the molecule is CCC(C)c1ccc(C(NC)C(CO)C(C)C)cc1. The minimum atomic E-state index is 0.219. The van der Waals surface area contributed by atoms with Crippen LogP contribution in [0.2, 0.25) is 0 Å². The van der Waals surface area contributed by atoms with Crippen molar-refractivity contribution >= 4 is 0 Å². The van der Waals surface area contributed by atoms with E-state index in [-0.39, 0.29) is 18.6 Å². The molecule has 2 N–H and O–H groups in total. The Kier molecular flexibility index (Phi) is 6.53. The lowest BCUT2D eigenvalue weighted by atomic mass is 9.84. The maximum atomic E-state index is 9.60. The number of aliphatic hydroxyl groups excluding tert-OH is 1. The van der Waals surface area contributed by atoms with Crippen molar-refractivity contribution in [2.24, 2.45) is 11.8 Å². The highest BCUT2D eigenvalue weighted by Gasteiger charge is 2.24. The third kappa shape index (κ3) is 4.05. The van der Waals surface area contributed by atoms with Crippen molar-refractivity contribution in [1.82, 2.24) is 5.32 Å². The average Bonchev–Trinajstić information content (AvgIpc) is 2.43. The Bertz CT molecular complexity index is 358. The molecule has 0 radical (unpaired) electrons. The van der Waals surface area contributed by atoms with Gasteiger partial charge in [0.25, 0.3) is 0 Å². The molecule has 1 aromatic carbocycles. The topological polar surface area (TPSA) is 32.3 Å². The number of benzene rings is 1. The summed E-state index contributed by atoms with van der Waals surface area (Å²) in [6, 6.07) is 9.07. The van der Waals surface area contributed by atoms with Crippen LogP contribution < -0.4 is 5.32 Å². The maximum Gasteiger partial charge on any atom is 0.0479 e. The predicted octanol–water partition coefficient (Wildman–Crippen LogP) is 3.73. The molecule has 0 heterocycles. The second-order valence-corrected chi connectivity index (χ2v) is 5.83. The molecular formula is C17H29NO. The molecule has 0 saturated carbocycles. The molecule has 0 aliphatic carbocycles. The molecule has 0 saturated heterocycles. The van der Waals surface area contributed by atoms with Crippen LogP contribution >= 0.6 is 0 Å². The Morgan fingerprint density at radius 1 is 1.05 bits per heavy atom. The molecule has 2 nitrogen and oxygen atoms in total. The van der Waals surface area contributed by atoms with Gasteiger partial charge in [-0.25, -0.2) is 0 Å². The van der Waals surface area contributed by atoms with Gasteiger partial charge in [-0.15, -0.1) is 0 Å². The summed E-state index contributed by atoms with van der Waals surface area (Å²) in [7, 11) is 1.97. The van der Waals surface area contributed by atoms with Crippen molar-refractivity contribution in [2.75, 3.05) is 13.7 Å². The van der Waals surface area contributed by atoms with Gasteiger partial charge in [0, 0.05) is 18.6 Å². The van der Waals surface area contributed by atoms with E-state index >= 15 is 0 Å². The molecule has 3 atom stereocenters. The lowest BCUT2D eigenvalue weighted by Crippen LogP contribution is -2.31. The van der Waals surface area contributed by atoms with Gasteiger partial charge in [-0.3, -0.25) is 0 Å². The molecular weight excluding hydrogens is 234 g/mol. The van der Waals surface area contributed by atoms with E-state index in [1.54, 1.807) is 0 Å². The third-order valence-corrected chi connectivity index (χ3v) is 4.28. The summed E-state index contributed by atoms with van der Waals surface area (Å²) >= 11 is 0. The zero-order valence-corrected chi connectivity index (χ0v) is 13.0. The zero-order valence-electron chi connectivity index (χ0n) is 13.0. The second kappa shape index (κ2) is 7.66. The van der Waals surface area contributed by atoms with E-state index in [9.17, 15) is 5.11 Å². The molecule has 0 amide bonds. The van der Waals surface area contributed by atoms with Crippen LogP contribution in [0.1, 0.15) is 57.2 Å². The quantitative estimate of drug-likeness (QED) is 0.785. The van der Waals surface area contributed by atoms with E-state index in [1.165, 1.54) is 17.5 Å². The number of hydrogen-bond acceptors (Lipinski definition) is 2. The minimum absolute atomic E-state index is 0.219. The summed E-state index contributed by atoms with van der Waals surface area (Å²) in [6.45, 7) is 9.03. The van der Waals surface area contributed by atoms with Crippen LogP contribution in [0, 0.1) is 11.8 Å². The second-order valence-electron chi connectivity index (χ2n) is 5.83. The molecule has 0 fully saturated rings. The average molecular weight is 263 g/mol. The normalized spacial score (nSPS) is 16.4. The first-order valence-electron chi connectivity index (χ1n) is 7.43. The van der Waals surface area contributed by atoms with Gasteiger partial charge in [-0.05, 0) is 36.4 Å². The van der Waals surface area contributed by atoms with Crippen molar-refractivity contribution in [3.8, 4) is 0 Å². The first-order chi connectivity index (χ1) is 9.04. The lowest BCUT2D eigenvalue weighted by molar-refractivity contribution is 0.154. The molecule has 0 aliphatic rings. The Labute approximate surface area is 118 Å². The summed E-state index contributed by atoms with van der Waals surface area (Å²) in [6.07, 6.45) is 1.17. The molecule has 0 spiro atoms.